The number of aliphatic hydroxyl groups is 1. The Hall–Kier alpha value is -6.21. The number of aromatic amines is 1. The molecule has 7 rings (SSSR count). The van der Waals surface area contributed by atoms with Gasteiger partial charge in [-0.2, -0.15) is 0 Å². The minimum atomic E-state index is -4.68. The molecule has 80 heavy (non-hydrogen) atoms. The highest BCUT2D eigenvalue weighted by molar-refractivity contribution is 8.44. The number of anilines is 2. The zero-order valence-electron chi connectivity index (χ0n) is 43.6. The maximum Gasteiger partial charge on any atom is 0.410 e. The number of thiol groups is 2. The first kappa shape index (κ1) is 61.4. The maximum absolute atomic E-state index is 15.9. The van der Waals surface area contributed by atoms with Gasteiger partial charge in [0.1, 0.15) is 42.7 Å². The van der Waals surface area contributed by atoms with Crippen LogP contribution in [-0.4, -0.2) is 139 Å². The number of hydrogen-bond donors (Lipinski definition) is 8. The van der Waals surface area contributed by atoms with Crippen molar-refractivity contribution in [2.45, 2.75) is 89.4 Å². The zero-order valence-corrected chi connectivity index (χ0v) is 47.2. The van der Waals surface area contributed by atoms with E-state index in [-0.39, 0.29) is 53.7 Å². The van der Waals surface area contributed by atoms with Crippen molar-refractivity contribution >= 4 is 95.6 Å². The number of benzene rings is 2. The van der Waals surface area contributed by atoms with E-state index in [2.05, 4.69) is 65.4 Å². The number of ether oxygens (including phenoxy) is 3. The molecule has 1 fully saturated rings. The molecule has 6 aromatic rings. The van der Waals surface area contributed by atoms with E-state index in [1.54, 1.807) is 56.3 Å². The van der Waals surface area contributed by atoms with Gasteiger partial charge < -0.3 is 55.4 Å². The fourth-order valence-corrected chi connectivity index (χ4v) is 10.0. The number of aliphatic hydroxyl groups excluding tert-OH is 1. The first-order valence-corrected chi connectivity index (χ1v) is 29.6. The molecule has 0 aliphatic carbocycles. The van der Waals surface area contributed by atoms with Gasteiger partial charge in [-0.05, 0) is 42.2 Å². The topological polar surface area (TPSA) is 347 Å². The van der Waals surface area contributed by atoms with E-state index in [4.69, 9.17) is 38.0 Å². The van der Waals surface area contributed by atoms with Gasteiger partial charge in [-0.3, -0.25) is 41.9 Å². The lowest BCUT2D eigenvalue weighted by Gasteiger charge is -2.31. The summed E-state index contributed by atoms with van der Waals surface area (Å²) in [5.74, 6) is -2.78. The second-order valence-corrected chi connectivity index (χ2v) is 24.3. The van der Waals surface area contributed by atoms with Gasteiger partial charge in [0.05, 0.1) is 38.0 Å². The standard InChI is InChI=1S/C47H58F2N12O15P2S2/c1-24(2)35(50)44(66)56-25(3)41(63)57-28-13-11-26(12-14-28)18-72-47(67)59(4)16-27-9-7-8-10-30(27)42(64)58-38-36-40(53-21-51-38)61(23-55-36)45-31(48)15-29(75-45)19-73-78(69,80)76-46(37(62)33(70-5)20-74-77(68,79)71-6)60-17-32(49)34-39(60)52-22-54-43(34)65/h7-14,17,21-25,29,31,33,35,37,45-46,62H,15-16,18-20,50H2,1-6H3,(H,56,66)(H,57,63)(H,68,79)(H,69,80)(H,52,54,65)(H,51,53,58,64)/t25-,29-,31+,33+,35?,37+,45+,46+,77?,78+/m0/s1. The summed E-state index contributed by atoms with van der Waals surface area (Å²) in [5.41, 5.74) is 6.39. The molecule has 7 N–H and O–H groups in total. The normalized spacial score (nSPS) is 18.9. The predicted octanol–water partition coefficient (Wildman–Crippen LogP) is 5.42. The van der Waals surface area contributed by atoms with Crippen molar-refractivity contribution in [2.75, 3.05) is 45.1 Å². The number of aromatic nitrogens is 7. The first-order chi connectivity index (χ1) is 37.9. The minimum absolute atomic E-state index is 0.0477. The van der Waals surface area contributed by atoms with Crippen LogP contribution in [0.25, 0.3) is 22.2 Å². The SMILES string of the molecule is CO[C@H](COP(=O)(S)OC)[C@@H](O)[C@@H](O[P@](=O)(S)OC[C@@H]1C[C@@H](F)[C@H](n2cnc3c(NC(=O)c4ccccc4CN(C)C(=O)OCc4ccc(NC(=O)[C@H](C)NC(=O)C(N)C(C)C)cc4)ncnc32)O1)n1cc(F)c2c(=O)[nH]cnc21. The fourth-order valence-electron chi connectivity index (χ4n) is 8.00. The summed E-state index contributed by atoms with van der Waals surface area (Å²) in [6.45, 7) is -4.92. The van der Waals surface area contributed by atoms with Gasteiger partial charge in [-0.15, -0.1) is 0 Å². The molecule has 2 unspecified atom stereocenters. The lowest BCUT2D eigenvalue weighted by Crippen LogP contribution is -2.50. The Morgan fingerprint density at radius 1 is 0.988 bits per heavy atom. The number of methoxy groups -OCH3 is 1. The van der Waals surface area contributed by atoms with Crippen molar-refractivity contribution in [1.29, 1.82) is 0 Å². The van der Waals surface area contributed by atoms with Gasteiger partial charge in [0.25, 0.3) is 11.5 Å². The third kappa shape index (κ3) is 15.0. The van der Waals surface area contributed by atoms with Gasteiger partial charge in [-0.25, -0.2) is 42.6 Å². The van der Waals surface area contributed by atoms with E-state index in [9.17, 15) is 38.2 Å². The van der Waals surface area contributed by atoms with Crippen LogP contribution in [0.3, 0.4) is 0 Å². The molecule has 10 atom stereocenters. The molecular formula is C47H58F2N12O15P2S2. The Bertz CT molecular complexity index is 3360. The number of imidazole rings is 1. The van der Waals surface area contributed by atoms with Crippen LogP contribution < -0.4 is 27.2 Å². The summed E-state index contributed by atoms with van der Waals surface area (Å²) in [7, 11) is 3.68. The highest BCUT2D eigenvalue weighted by Crippen LogP contribution is 2.57. The third-order valence-electron chi connectivity index (χ3n) is 12.4. The quantitative estimate of drug-likeness (QED) is 0.0262. The van der Waals surface area contributed by atoms with E-state index in [1.165, 1.54) is 35.8 Å². The molecule has 0 radical (unpaired) electrons. The van der Waals surface area contributed by atoms with Crippen LogP contribution in [-0.2, 0) is 64.2 Å². The number of hydrogen-bond acceptors (Lipinski definition) is 20. The van der Waals surface area contributed by atoms with Crippen molar-refractivity contribution in [3.05, 3.63) is 107 Å². The zero-order chi connectivity index (χ0) is 58.2. The van der Waals surface area contributed by atoms with Crippen molar-refractivity contribution in [3.63, 3.8) is 0 Å². The summed E-state index contributed by atoms with van der Waals surface area (Å²) in [6, 6.07) is 11.4. The fraction of sp³-hybridized carbons (Fsp3) is 0.426. The summed E-state index contributed by atoms with van der Waals surface area (Å²) in [4.78, 5) is 84.7. The Labute approximate surface area is 465 Å². The van der Waals surface area contributed by atoms with E-state index < -0.39 is 116 Å². The molecule has 432 valence electrons. The number of alkyl halides is 1. The number of nitrogens with one attached hydrogen (secondary N) is 4. The number of carbonyl (C=O) groups is 4. The molecule has 1 saturated heterocycles. The monoisotopic (exact) mass is 1190 g/mol. The van der Waals surface area contributed by atoms with Crippen LogP contribution in [0.15, 0.2) is 78.5 Å². The van der Waals surface area contributed by atoms with Gasteiger partial charge in [0, 0.05) is 51.7 Å². The van der Waals surface area contributed by atoms with Crippen LogP contribution in [0, 0.1) is 11.7 Å². The number of carbonyl (C=O) groups excluding carboxylic acids is 4. The summed E-state index contributed by atoms with van der Waals surface area (Å²) in [5, 5.41) is 19.0. The van der Waals surface area contributed by atoms with Crippen molar-refractivity contribution < 1.29 is 74.5 Å². The largest absolute Gasteiger partial charge is 0.445 e. The van der Waals surface area contributed by atoms with E-state index >= 15 is 8.78 Å². The highest BCUT2D eigenvalue weighted by atomic mass is 32.7. The molecule has 4 amide bonds. The lowest BCUT2D eigenvalue weighted by molar-refractivity contribution is -0.127. The van der Waals surface area contributed by atoms with E-state index in [0.717, 1.165) is 37.6 Å². The Morgan fingerprint density at radius 3 is 2.41 bits per heavy atom. The second kappa shape index (κ2) is 26.6. The smallest absolute Gasteiger partial charge is 0.410 e. The molecule has 27 nitrogen and oxygen atoms in total. The number of nitrogens with zero attached hydrogens (tertiary/aromatic N) is 7. The van der Waals surface area contributed by atoms with E-state index in [1.807, 2.05) is 0 Å². The first-order valence-electron chi connectivity index (χ1n) is 24.2. The Balaban J connectivity index is 0.955. The number of H-pyrrole nitrogens is 1. The predicted molar refractivity (Wildman–Crippen MR) is 290 cm³/mol. The Kier molecular flexibility index (Phi) is 20.4. The van der Waals surface area contributed by atoms with Gasteiger partial charge in [0.15, 0.2) is 40.9 Å². The summed E-state index contributed by atoms with van der Waals surface area (Å²) < 4.78 is 97.3. The van der Waals surface area contributed by atoms with Gasteiger partial charge in [-0.1, -0.05) is 68.7 Å². The highest BCUT2D eigenvalue weighted by Gasteiger charge is 2.42. The molecule has 1 aliphatic heterocycles. The molecule has 2 aromatic carbocycles. The lowest BCUT2D eigenvalue weighted by atomic mass is 10.0. The third-order valence-corrected chi connectivity index (χ3v) is 15.8. The number of nitrogens with two attached hydrogens (primary N) is 1. The number of fused-ring (bicyclic) bond motifs is 2. The number of rotatable bonds is 25. The molecule has 5 heterocycles. The molecule has 0 saturated carbocycles. The number of halogens is 2. The minimum Gasteiger partial charge on any atom is -0.445 e. The number of amides is 4. The van der Waals surface area contributed by atoms with Crippen LogP contribution in [0.2, 0.25) is 0 Å². The van der Waals surface area contributed by atoms with Crippen molar-refractivity contribution in [2.24, 2.45) is 11.7 Å². The maximum atomic E-state index is 15.9. The average molecular weight is 1200 g/mol. The molecular weight excluding hydrogens is 1140 g/mol. The molecule has 4 aromatic heterocycles. The average Bonchev–Trinajstić information content (AvgIpc) is 4.18. The summed E-state index contributed by atoms with van der Waals surface area (Å²) in [6.07, 6.45) is -6.61. The van der Waals surface area contributed by atoms with Crippen molar-refractivity contribution in [3.8, 4) is 0 Å². The van der Waals surface area contributed by atoms with Crippen LogP contribution in [0.1, 0.15) is 61.1 Å². The Morgan fingerprint density at radius 2 is 1.71 bits per heavy atom. The van der Waals surface area contributed by atoms with Crippen LogP contribution >= 0.6 is 38.1 Å². The molecule has 1 aliphatic rings. The molecule has 0 bridgehead atoms. The second-order valence-electron chi connectivity index (χ2n) is 18.4. The summed E-state index contributed by atoms with van der Waals surface area (Å²) >= 11 is 7.86. The van der Waals surface area contributed by atoms with Gasteiger partial charge in [0.2, 0.25) is 11.8 Å². The van der Waals surface area contributed by atoms with Crippen molar-refractivity contribution in [1.82, 2.24) is 44.3 Å². The molecule has 33 heteroatoms. The van der Waals surface area contributed by atoms with Gasteiger partial charge >= 0.3 is 19.7 Å². The van der Waals surface area contributed by atoms with Crippen LogP contribution in [0.5, 0.6) is 0 Å². The van der Waals surface area contributed by atoms with E-state index in [0.29, 0.717) is 16.8 Å². The van der Waals surface area contributed by atoms with Crippen LogP contribution in [0.4, 0.5) is 25.1 Å². The molecule has 0 spiro atoms.